The van der Waals surface area contributed by atoms with Crippen LogP contribution >= 0.6 is 23.1 Å². The molecule has 142 valence electrons. The normalized spacial score (nSPS) is 11.6. The van der Waals surface area contributed by atoms with Gasteiger partial charge in [-0.2, -0.15) is 0 Å². The number of thioether (sulfide) groups is 1. The number of nitrogens with one attached hydrogen (secondary N) is 1. The number of anilines is 2. The molecule has 1 aromatic heterocycles. The van der Waals surface area contributed by atoms with Crippen LogP contribution in [-0.4, -0.2) is 43.1 Å². The van der Waals surface area contributed by atoms with Crippen molar-refractivity contribution in [1.82, 2.24) is 10.2 Å². The van der Waals surface area contributed by atoms with Crippen molar-refractivity contribution in [3.8, 4) is 0 Å². The molecule has 2 rings (SSSR count). The monoisotopic (exact) mass is 414 g/mol. The minimum absolute atomic E-state index is 0.324. The first-order valence-corrected chi connectivity index (χ1v) is 11.7. The largest absolute Gasteiger partial charge is 0.299 e. The average molecular weight is 415 g/mol. The molecule has 0 atom stereocenters. The molecule has 26 heavy (non-hydrogen) atoms. The van der Waals surface area contributed by atoms with Crippen LogP contribution in [0.2, 0.25) is 0 Å². The van der Waals surface area contributed by atoms with E-state index >= 15 is 0 Å². The number of benzene rings is 1. The molecule has 1 N–H and O–H groups in total. The van der Waals surface area contributed by atoms with E-state index in [4.69, 9.17) is 0 Å². The predicted octanol–water partition coefficient (Wildman–Crippen LogP) is 3.18. The van der Waals surface area contributed by atoms with Gasteiger partial charge in [0, 0.05) is 0 Å². The Kier molecular flexibility index (Phi) is 7.01. The molecule has 1 heterocycles. The maximum absolute atomic E-state index is 12.3. The van der Waals surface area contributed by atoms with E-state index in [2.05, 4.69) is 29.4 Å². The van der Waals surface area contributed by atoms with Crippen LogP contribution in [-0.2, 0) is 14.8 Å². The Morgan fingerprint density at radius 2 is 1.92 bits per heavy atom. The minimum Gasteiger partial charge on any atom is -0.299 e. The summed E-state index contributed by atoms with van der Waals surface area (Å²) in [5.41, 5.74) is 1.55. The summed E-state index contributed by atoms with van der Waals surface area (Å²) >= 11 is 2.79. The summed E-state index contributed by atoms with van der Waals surface area (Å²) in [6.45, 7) is 5.79. The molecule has 0 saturated heterocycles. The zero-order chi connectivity index (χ0) is 19.3. The van der Waals surface area contributed by atoms with E-state index in [1.807, 2.05) is 19.1 Å². The Bertz CT molecular complexity index is 848. The van der Waals surface area contributed by atoms with Gasteiger partial charge in [-0.05, 0) is 29.4 Å². The van der Waals surface area contributed by atoms with Gasteiger partial charge in [0.2, 0.25) is 21.1 Å². The lowest BCUT2D eigenvalue weighted by Crippen LogP contribution is -2.37. The van der Waals surface area contributed by atoms with Crippen LogP contribution in [0, 0.1) is 0 Å². The molecule has 0 saturated carbocycles. The fourth-order valence-corrected chi connectivity index (χ4v) is 4.68. The van der Waals surface area contributed by atoms with Gasteiger partial charge in [-0.1, -0.05) is 56.0 Å². The van der Waals surface area contributed by atoms with Crippen molar-refractivity contribution in [2.75, 3.05) is 28.2 Å². The van der Waals surface area contributed by atoms with Crippen LogP contribution in [0.15, 0.2) is 28.6 Å². The maximum atomic E-state index is 12.3. The zero-order valence-electron chi connectivity index (χ0n) is 15.1. The second kappa shape index (κ2) is 8.83. The van der Waals surface area contributed by atoms with Gasteiger partial charge in [-0.15, -0.1) is 10.2 Å². The highest BCUT2D eigenvalue weighted by atomic mass is 32.2. The number of sulfonamides is 1. The molecular weight excluding hydrogens is 392 g/mol. The highest BCUT2D eigenvalue weighted by molar-refractivity contribution is 8.01. The first kappa shape index (κ1) is 20.7. The maximum Gasteiger partial charge on any atom is 0.246 e. The Labute approximate surface area is 162 Å². The number of rotatable bonds is 8. The SMILES string of the molecule is CCSc1nnc(NC(=O)CN(c2ccc(C(C)C)cc2)S(C)(=O)=O)s1. The van der Waals surface area contributed by atoms with E-state index in [-0.39, 0.29) is 6.54 Å². The fraction of sp³-hybridized carbons (Fsp3) is 0.438. The molecule has 0 spiro atoms. The van der Waals surface area contributed by atoms with Gasteiger partial charge in [0.15, 0.2) is 4.34 Å². The highest BCUT2D eigenvalue weighted by Crippen LogP contribution is 2.25. The van der Waals surface area contributed by atoms with Crippen molar-refractivity contribution in [1.29, 1.82) is 0 Å². The number of carbonyl (C=O) groups excluding carboxylic acids is 1. The van der Waals surface area contributed by atoms with Gasteiger partial charge >= 0.3 is 0 Å². The van der Waals surface area contributed by atoms with Crippen molar-refractivity contribution >= 4 is 49.8 Å². The average Bonchev–Trinajstić information content (AvgIpc) is 2.99. The van der Waals surface area contributed by atoms with E-state index in [9.17, 15) is 13.2 Å². The zero-order valence-corrected chi connectivity index (χ0v) is 17.5. The summed E-state index contributed by atoms with van der Waals surface area (Å²) in [6, 6.07) is 7.17. The fourth-order valence-electron chi connectivity index (χ4n) is 2.16. The number of hydrogen-bond acceptors (Lipinski definition) is 7. The van der Waals surface area contributed by atoms with E-state index in [1.54, 1.807) is 12.1 Å². The van der Waals surface area contributed by atoms with Crippen LogP contribution < -0.4 is 9.62 Å². The Hall–Kier alpha value is -1.65. The van der Waals surface area contributed by atoms with Crippen molar-refractivity contribution in [3.05, 3.63) is 29.8 Å². The van der Waals surface area contributed by atoms with E-state index in [1.165, 1.54) is 23.1 Å². The number of carbonyl (C=O) groups is 1. The molecule has 1 amide bonds. The van der Waals surface area contributed by atoms with Gasteiger partial charge in [-0.3, -0.25) is 14.4 Å². The molecule has 10 heteroatoms. The van der Waals surface area contributed by atoms with Crippen LogP contribution in [0.5, 0.6) is 0 Å². The first-order valence-electron chi connectivity index (χ1n) is 8.04. The third-order valence-electron chi connectivity index (χ3n) is 3.46. The van der Waals surface area contributed by atoms with Crippen LogP contribution in [0.3, 0.4) is 0 Å². The quantitative estimate of drug-likeness (QED) is 0.527. The van der Waals surface area contributed by atoms with Crippen molar-refractivity contribution in [2.24, 2.45) is 0 Å². The summed E-state index contributed by atoms with van der Waals surface area (Å²) in [4.78, 5) is 12.3. The van der Waals surface area contributed by atoms with E-state index in [0.29, 0.717) is 16.7 Å². The molecule has 0 aliphatic carbocycles. The molecule has 0 bridgehead atoms. The number of nitrogens with zero attached hydrogens (tertiary/aromatic N) is 3. The Morgan fingerprint density at radius 3 is 2.46 bits per heavy atom. The molecular formula is C16H22N4O3S3. The smallest absolute Gasteiger partial charge is 0.246 e. The number of aromatic nitrogens is 2. The highest BCUT2D eigenvalue weighted by Gasteiger charge is 2.21. The summed E-state index contributed by atoms with van der Waals surface area (Å²) < 4.78 is 26.1. The van der Waals surface area contributed by atoms with Crippen LogP contribution in [0.1, 0.15) is 32.3 Å². The summed E-state index contributed by atoms with van der Waals surface area (Å²) in [7, 11) is -3.61. The lowest BCUT2D eigenvalue weighted by atomic mass is 10.0. The van der Waals surface area contributed by atoms with E-state index < -0.39 is 15.9 Å². The molecule has 7 nitrogen and oxygen atoms in total. The minimum atomic E-state index is -3.61. The number of hydrogen-bond donors (Lipinski definition) is 1. The van der Waals surface area contributed by atoms with Crippen molar-refractivity contribution in [3.63, 3.8) is 0 Å². The molecule has 0 aliphatic rings. The topological polar surface area (TPSA) is 92.3 Å². The second-order valence-electron chi connectivity index (χ2n) is 5.87. The molecule has 0 fully saturated rings. The lowest BCUT2D eigenvalue weighted by molar-refractivity contribution is -0.114. The van der Waals surface area contributed by atoms with Crippen LogP contribution in [0.25, 0.3) is 0 Å². The lowest BCUT2D eigenvalue weighted by Gasteiger charge is -2.22. The molecule has 0 unspecified atom stereocenters. The molecule has 1 aromatic carbocycles. The summed E-state index contributed by atoms with van der Waals surface area (Å²) in [5.74, 6) is 0.732. The molecule has 0 aliphatic heterocycles. The van der Waals surface area contributed by atoms with Gasteiger partial charge in [0.05, 0.1) is 11.9 Å². The third kappa shape index (κ3) is 5.68. The van der Waals surface area contributed by atoms with Gasteiger partial charge in [0.1, 0.15) is 6.54 Å². The summed E-state index contributed by atoms with van der Waals surface area (Å²) in [6.07, 6.45) is 1.08. The molecule has 2 aromatic rings. The van der Waals surface area contributed by atoms with Gasteiger partial charge < -0.3 is 0 Å². The molecule has 0 radical (unpaired) electrons. The standard InChI is InChI=1S/C16H22N4O3S3/c1-5-24-16-19-18-15(25-16)17-14(21)10-20(26(4,22)23)13-8-6-12(7-9-13)11(2)3/h6-9,11H,5,10H2,1-4H3,(H,17,18,21). The Morgan fingerprint density at radius 1 is 1.27 bits per heavy atom. The number of amides is 1. The first-order chi connectivity index (χ1) is 12.2. The van der Waals surface area contributed by atoms with Crippen molar-refractivity contribution in [2.45, 2.75) is 31.0 Å². The van der Waals surface area contributed by atoms with Crippen LogP contribution in [0.4, 0.5) is 10.8 Å². The van der Waals surface area contributed by atoms with Crippen molar-refractivity contribution < 1.29 is 13.2 Å². The predicted molar refractivity (Wildman–Crippen MR) is 108 cm³/mol. The Balaban J connectivity index is 2.13. The third-order valence-corrected chi connectivity index (χ3v) is 6.45. The second-order valence-corrected chi connectivity index (χ2v) is 10.3. The summed E-state index contributed by atoms with van der Waals surface area (Å²) in [5, 5.41) is 10.8. The van der Waals surface area contributed by atoms with E-state index in [0.717, 1.165) is 26.2 Å². The van der Waals surface area contributed by atoms with Gasteiger partial charge in [-0.25, -0.2) is 8.42 Å². The van der Waals surface area contributed by atoms with Gasteiger partial charge in [0.25, 0.3) is 0 Å².